The van der Waals surface area contributed by atoms with E-state index in [0.717, 1.165) is 11.1 Å². The summed E-state index contributed by atoms with van der Waals surface area (Å²) in [6, 6.07) is 20.8. The summed E-state index contributed by atoms with van der Waals surface area (Å²) in [6.07, 6.45) is 0. The molecule has 2 nitrogen and oxygen atoms in total. The molecule has 0 radical (unpaired) electrons. The SMILES string of the molecule is CC(C#N)C(O)(c1ccccc1)c1ccccc1. The first kappa shape index (κ1) is 12.3. The first-order valence-electron chi connectivity index (χ1n) is 5.92. The molecule has 1 unspecified atom stereocenters. The molecule has 90 valence electrons. The molecule has 0 saturated heterocycles. The molecule has 0 fully saturated rings. The predicted octanol–water partition coefficient (Wildman–Crippen LogP) is 3.08. The van der Waals surface area contributed by atoms with E-state index in [-0.39, 0.29) is 0 Å². The maximum absolute atomic E-state index is 11.0. The molecule has 0 aliphatic rings. The standard InChI is InChI=1S/C16H15NO/c1-13(12-17)16(18,14-8-4-2-5-9-14)15-10-6-3-7-11-15/h2-11,13,18H,1H3. The van der Waals surface area contributed by atoms with Gasteiger partial charge in [-0.05, 0) is 18.1 Å². The van der Waals surface area contributed by atoms with Crippen molar-refractivity contribution >= 4 is 0 Å². The van der Waals surface area contributed by atoms with Gasteiger partial charge in [-0.2, -0.15) is 5.26 Å². The molecule has 0 amide bonds. The summed E-state index contributed by atoms with van der Waals surface area (Å²) >= 11 is 0. The van der Waals surface area contributed by atoms with Crippen molar-refractivity contribution in [2.75, 3.05) is 0 Å². The van der Waals surface area contributed by atoms with Crippen LogP contribution >= 0.6 is 0 Å². The number of nitriles is 1. The lowest BCUT2D eigenvalue weighted by Crippen LogP contribution is -2.34. The van der Waals surface area contributed by atoms with Crippen LogP contribution in [0.4, 0.5) is 0 Å². The van der Waals surface area contributed by atoms with Gasteiger partial charge in [0.15, 0.2) is 0 Å². The van der Waals surface area contributed by atoms with Crippen LogP contribution in [0, 0.1) is 17.2 Å². The van der Waals surface area contributed by atoms with E-state index in [1.807, 2.05) is 60.7 Å². The minimum atomic E-state index is -1.27. The highest BCUT2D eigenvalue weighted by Gasteiger charge is 2.37. The van der Waals surface area contributed by atoms with Crippen LogP contribution in [0.5, 0.6) is 0 Å². The van der Waals surface area contributed by atoms with Crippen molar-refractivity contribution in [2.45, 2.75) is 12.5 Å². The van der Waals surface area contributed by atoms with E-state index in [1.165, 1.54) is 0 Å². The monoisotopic (exact) mass is 237 g/mol. The van der Waals surface area contributed by atoms with E-state index in [0.29, 0.717) is 0 Å². The number of rotatable bonds is 3. The molecule has 18 heavy (non-hydrogen) atoms. The van der Waals surface area contributed by atoms with Crippen LogP contribution in [0.25, 0.3) is 0 Å². The van der Waals surface area contributed by atoms with Gasteiger partial charge in [0.1, 0.15) is 5.60 Å². The summed E-state index contributed by atoms with van der Waals surface area (Å²) in [7, 11) is 0. The number of hydrogen-bond acceptors (Lipinski definition) is 2. The summed E-state index contributed by atoms with van der Waals surface area (Å²) in [5, 5.41) is 20.2. The van der Waals surface area contributed by atoms with E-state index in [2.05, 4.69) is 6.07 Å². The molecule has 2 rings (SSSR count). The fraction of sp³-hybridized carbons (Fsp3) is 0.188. The Morgan fingerprint density at radius 3 is 1.67 bits per heavy atom. The molecule has 0 heterocycles. The summed E-state index contributed by atoms with van der Waals surface area (Å²) < 4.78 is 0. The lowest BCUT2D eigenvalue weighted by Gasteiger charge is -2.31. The Morgan fingerprint density at radius 2 is 1.33 bits per heavy atom. The number of hydrogen-bond donors (Lipinski definition) is 1. The van der Waals surface area contributed by atoms with Gasteiger partial charge in [0.05, 0.1) is 12.0 Å². The smallest absolute Gasteiger partial charge is 0.130 e. The van der Waals surface area contributed by atoms with E-state index < -0.39 is 11.5 Å². The van der Waals surface area contributed by atoms with E-state index in [4.69, 9.17) is 0 Å². The molecule has 2 heteroatoms. The molecule has 1 atom stereocenters. The van der Waals surface area contributed by atoms with Gasteiger partial charge in [-0.1, -0.05) is 60.7 Å². The third kappa shape index (κ3) is 2.01. The van der Waals surface area contributed by atoms with Crippen LogP contribution in [0.1, 0.15) is 18.1 Å². The fourth-order valence-corrected chi connectivity index (χ4v) is 2.14. The summed E-state index contributed by atoms with van der Waals surface area (Å²) in [5.41, 5.74) is 0.215. The van der Waals surface area contributed by atoms with Crippen molar-refractivity contribution < 1.29 is 5.11 Å². The van der Waals surface area contributed by atoms with Gasteiger partial charge in [-0.25, -0.2) is 0 Å². The van der Waals surface area contributed by atoms with Crippen molar-refractivity contribution in [2.24, 2.45) is 5.92 Å². The average Bonchev–Trinajstić information content (AvgIpc) is 2.47. The van der Waals surface area contributed by atoms with Crippen LogP contribution in [0.3, 0.4) is 0 Å². The molecule has 0 bridgehead atoms. The van der Waals surface area contributed by atoms with Crippen molar-refractivity contribution in [3.63, 3.8) is 0 Å². The van der Waals surface area contributed by atoms with Gasteiger partial charge < -0.3 is 5.11 Å². The molecule has 2 aromatic carbocycles. The van der Waals surface area contributed by atoms with Crippen molar-refractivity contribution in [3.8, 4) is 6.07 Å². The predicted molar refractivity (Wildman–Crippen MR) is 70.7 cm³/mol. The quantitative estimate of drug-likeness (QED) is 0.891. The summed E-state index contributed by atoms with van der Waals surface area (Å²) in [5.74, 6) is -0.526. The van der Waals surface area contributed by atoms with Crippen molar-refractivity contribution in [1.82, 2.24) is 0 Å². The van der Waals surface area contributed by atoms with Gasteiger partial charge >= 0.3 is 0 Å². The van der Waals surface area contributed by atoms with Gasteiger partial charge in [0.25, 0.3) is 0 Å². The maximum atomic E-state index is 11.0. The van der Waals surface area contributed by atoms with Gasteiger partial charge in [0.2, 0.25) is 0 Å². The molecular formula is C16H15NO. The second-order valence-electron chi connectivity index (χ2n) is 4.35. The third-order valence-corrected chi connectivity index (χ3v) is 3.25. The highest BCUT2D eigenvalue weighted by Crippen LogP contribution is 2.36. The molecule has 0 aliphatic carbocycles. The highest BCUT2D eigenvalue weighted by molar-refractivity contribution is 5.38. The Labute approximate surface area is 107 Å². The molecule has 1 N–H and O–H groups in total. The molecule has 2 aromatic rings. The zero-order valence-electron chi connectivity index (χ0n) is 10.2. The third-order valence-electron chi connectivity index (χ3n) is 3.25. The van der Waals surface area contributed by atoms with Crippen LogP contribution in [-0.2, 0) is 5.60 Å². The van der Waals surface area contributed by atoms with Crippen LogP contribution in [-0.4, -0.2) is 5.11 Å². The average molecular weight is 237 g/mol. The summed E-state index contributed by atoms with van der Waals surface area (Å²) in [6.45, 7) is 1.74. The van der Waals surface area contributed by atoms with Crippen LogP contribution < -0.4 is 0 Å². The van der Waals surface area contributed by atoms with Crippen molar-refractivity contribution in [1.29, 1.82) is 5.26 Å². The minimum absolute atomic E-state index is 0.526. The Bertz CT molecular complexity index is 503. The zero-order valence-corrected chi connectivity index (χ0v) is 10.2. The topological polar surface area (TPSA) is 44.0 Å². The molecule has 0 saturated carbocycles. The van der Waals surface area contributed by atoms with Gasteiger partial charge in [-0.15, -0.1) is 0 Å². The summed E-state index contributed by atoms with van der Waals surface area (Å²) in [4.78, 5) is 0. The lowest BCUT2D eigenvalue weighted by molar-refractivity contribution is 0.0463. The minimum Gasteiger partial charge on any atom is -0.379 e. The van der Waals surface area contributed by atoms with Gasteiger partial charge in [0, 0.05) is 0 Å². The highest BCUT2D eigenvalue weighted by atomic mass is 16.3. The Balaban J connectivity index is 2.60. The molecule has 0 aliphatic heterocycles. The molecule has 0 spiro atoms. The van der Waals surface area contributed by atoms with Crippen molar-refractivity contribution in [3.05, 3.63) is 71.8 Å². The Morgan fingerprint density at radius 1 is 0.944 bits per heavy atom. The first-order chi connectivity index (χ1) is 8.69. The Kier molecular flexibility index (Phi) is 3.45. The van der Waals surface area contributed by atoms with E-state index >= 15 is 0 Å². The van der Waals surface area contributed by atoms with E-state index in [9.17, 15) is 10.4 Å². The normalized spacial score (nSPS) is 12.7. The van der Waals surface area contributed by atoms with Gasteiger partial charge in [-0.3, -0.25) is 0 Å². The van der Waals surface area contributed by atoms with E-state index in [1.54, 1.807) is 6.92 Å². The lowest BCUT2D eigenvalue weighted by atomic mass is 9.77. The molecular weight excluding hydrogens is 222 g/mol. The molecule has 0 aromatic heterocycles. The first-order valence-corrected chi connectivity index (χ1v) is 5.92. The zero-order chi connectivity index (χ0) is 13.0. The second kappa shape index (κ2) is 5.03. The fourth-order valence-electron chi connectivity index (χ4n) is 2.14. The van der Waals surface area contributed by atoms with Crippen LogP contribution in [0.2, 0.25) is 0 Å². The Hall–Kier alpha value is -2.11. The number of benzene rings is 2. The number of nitrogens with zero attached hydrogens (tertiary/aromatic N) is 1. The number of aliphatic hydroxyl groups is 1. The maximum Gasteiger partial charge on any atom is 0.130 e. The second-order valence-corrected chi connectivity index (χ2v) is 4.35. The largest absolute Gasteiger partial charge is 0.379 e. The van der Waals surface area contributed by atoms with Crippen LogP contribution in [0.15, 0.2) is 60.7 Å².